The fourth-order valence-corrected chi connectivity index (χ4v) is 3.78. The van der Waals surface area contributed by atoms with Gasteiger partial charge in [0.15, 0.2) is 0 Å². The summed E-state index contributed by atoms with van der Waals surface area (Å²) < 4.78 is 0. The van der Waals surface area contributed by atoms with Gasteiger partial charge < -0.3 is 10.0 Å². The summed E-state index contributed by atoms with van der Waals surface area (Å²) in [6.07, 6.45) is 0. The van der Waals surface area contributed by atoms with Crippen molar-refractivity contribution in [1.29, 1.82) is 0 Å². The molecule has 1 aliphatic heterocycles. The molecule has 0 radical (unpaired) electrons. The van der Waals surface area contributed by atoms with Gasteiger partial charge in [-0.05, 0) is 29.8 Å². The Balaban J connectivity index is 1.97. The van der Waals surface area contributed by atoms with Gasteiger partial charge in [0.2, 0.25) is 0 Å². The van der Waals surface area contributed by atoms with Crippen LogP contribution in [0.1, 0.15) is 17.3 Å². The van der Waals surface area contributed by atoms with Gasteiger partial charge in [-0.3, -0.25) is 4.79 Å². The van der Waals surface area contributed by atoms with Crippen molar-refractivity contribution in [3.05, 3.63) is 48.0 Å². The maximum absolute atomic E-state index is 12.7. The van der Waals surface area contributed by atoms with E-state index in [1.807, 2.05) is 43.3 Å². The Morgan fingerprint density at radius 2 is 1.90 bits per heavy atom. The first-order chi connectivity index (χ1) is 10.1. The van der Waals surface area contributed by atoms with E-state index >= 15 is 0 Å². The zero-order valence-electron chi connectivity index (χ0n) is 11.5. The van der Waals surface area contributed by atoms with Gasteiger partial charge in [0.25, 0.3) is 5.91 Å². The first-order valence-electron chi connectivity index (χ1n) is 6.74. The van der Waals surface area contributed by atoms with Gasteiger partial charge >= 0.3 is 5.97 Å². The van der Waals surface area contributed by atoms with Crippen LogP contribution in [0.3, 0.4) is 0 Å². The van der Waals surface area contributed by atoms with Crippen molar-refractivity contribution in [2.75, 3.05) is 5.75 Å². The summed E-state index contributed by atoms with van der Waals surface area (Å²) >= 11 is 1.49. The largest absolute Gasteiger partial charge is 0.480 e. The number of hydrogen-bond donors (Lipinski definition) is 1. The molecule has 1 heterocycles. The molecular weight excluding hydrogens is 286 g/mol. The van der Waals surface area contributed by atoms with Crippen LogP contribution in [-0.4, -0.2) is 39.1 Å². The molecule has 5 heteroatoms. The Morgan fingerprint density at radius 1 is 1.19 bits per heavy atom. The van der Waals surface area contributed by atoms with Crippen molar-refractivity contribution in [2.24, 2.45) is 0 Å². The van der Waals surface area contributed by atoms with Crippen LogP contribution in [-0.2, 0) is 4.79 Å². The molecule has 1 amide bonds. The average molecular weight is 301 g/mol. The molecule has 2 unspecified atom stereocenters. The summed E-state index contributed by atoms with van der Waals surface area (Å²) in [6, 6.07) is 12.5. The third-order valence-corrected chi connectivity index (χ3v) is 4.96. The van der Waals surface area contributed by atoms with Crippen molar-refractivity contribution in [2.45, 2.75) is 18.3 Å². The number of carboxylic acids is 1. The van der Waals surface area contributed by atoms with E-state index in [0.717, 1.165) is 10.8 Å². The summed E-state index contributed by atoms with van der Waals surface area (Å²) in [7, 11) is 0. The molecule has 21 heavy (non-hydrogen) atoms. The molecule has 0 bridgehead atoms. The lowest BCUT2D eigenvalue weighted by molar-refractivity contribution is -0.141. The number of hydrogen-bond acceptors (Lipinski definition) is 3. The second-order valence-electron chi connectivity index (χ2n) is 5.06. The van der Waals surface area contributed by atoms with Crippen LogP contribution in [0.5, 0.6) is 0 Å². The van der Waals surface area contributed by atoms with Gasteiger partial charge in [0.05, 0.1) is 5.37 Å². The molecular formula is C16H15NO3S. The highest BCUT2D eigenvalue weighted by Crippen LogP contribution is 2.30. The molecule has 108 valence electrons. The molecule has 2 atom stereocenters. The predicted octanol–water partition coefficient (Wildman–Crippen LogP) is 2.83. The highest BCUT2D eigenvalue weighted by atomic mass is 32.2. The molecule has 0 spiro atoms. The van der Waals surface area contributed by atoms with E-state index in [2.05, 4.69) is 0 Å². The summed E-state index contributed by atoms with van der Waals surface area (Å²) in [6.45, 7) is 1.87. The summed E-state index contributed by atoms with van der Waals surface area (Å²) in [5.74, 6) is -0.720. The van der Waals surface area contributed by atoms with E-state index in [1.54, 1.807) is 6.07 Å². The van der Waals surface area contributed by atoms with Gasteiger partial charge in [-0.25, -0.2) is 4.79 Å². The van der Waals surface area contributed by atoms with Crippen LogP contribution in [0, 0.1) is 0 Å². The highest BCUT2D eigenvalue weighted by molar-refractivity contribution is 8.00. The number of amides is 1. The summed E-state index contributed by atoms with van der Waals surface area (Å²) in [4.78, 5) is 25.4. The van der Waals surface area contributed by atoms with Crippen LogP contribution in [0.15, 0.2) is 42.5 Å². The molecule has 1 fully saturated rings. The number of carbonyl (C=O) groups is 2. The van der Waals surface area contributed by atoms with E-state index in [1.165, 1.54) is 16.7 Å². The van der Waals surface area contributed by atoms with Crippen molar-refractivity contribution in [1.82, 2.24) is 4.90 Å². The number of rotatable bonds is 2. The lowest BCUT2D eigenvalue weighted by atomic mass is 10.1. The molecule has 0 aliphatic carbocycles. The quantitative estimate of drug-likeness (QED) is 0.926. The van der Waals surface area contributed by atoms with Crippen molar-refractivity contribution < 1.29 is 14.7 Å². The number of carboxylic acid groups (broad SMARTS) is 1. The van der Waals surface area contributed by atoms with Gasteiger partial charge in [0.1, 0.15) is 6.04 Å². The van der Waals surface area contributed by atoms with Crippen LogP contribution < -0.4 is 0 Å². The fourth-order valence-electron chi connectivity index (χ4n) is 2.61. The second kappa shape index (κ2) is 5.41. The third kappa shape index (κ3) is 2.49. The average Bonchev–Trinajstić information content (AvgIpc) is 2.88. The van der Waals surface area contributed by atoms with Crippen molar-refractivity contribution in [3.63, 3.8) is 0 Å². The molecule has 2 aromatic rings. The second-order valence-corrected chi connectivity index (χ2v) is 6.41. The first-order valence-corrected chi connectivity index (χ1v) is 7.78. The van der Waals surface area contributed by atoms with E-state index in [9.17, 15) is 14.7 Å². The van der Waals surface area contributed by atoms with Crippen molar-refractivity contribution in [3.8, 4) is 0 Å². The van der Waals surface area contributed by atoms with Gasteiger partial charge in [-0.2, -0.15) is 0 Å². The topological polar surface area (TPSA) is 57.6 Å². The fraction of sp³-hybridized carbons (Fsp3) is 0.250. The lowest BCUT2D eigenvalue weighted by Gasteiger charge is -2.25. The highest BCUT2D eigenvalue weighted by Gasteiger charge is 2.39. The minimum absolute atomic E-state index is 0.120. The Bertz CT molecular complexity index is 715. The maximum atomic E-state index is 12.7. The molecule has 4 nitrogen and oxygen atoms in total. The van der Waals surface area contributed by atoms with E-state index < -0.39 is 12.0 Å². The Hall–Kier alpha value is -2.01. The van der Waals surface area contributed by atoms with Crippen molar-refractivity contribution >= 4 is 34.4 Å². The van der Waals surface area contributed by atoms with E-state index in [-0.39, 0.29) is 11.3 Å². The number of fused-ring (bicyclic) bond motifs is 1. The minimum Gasteiger partial charge on any atom is -0.480 e. The monoisotopic (exact) mass is 301 g/mol. The van der Waals surface area contributed by atoms with Crippen LogP contribution >= 0.6 is 11.8 Å². The number of carbonyl (C=O) groups excluding carboxylic acids is 1. The van der Waals surface area contributed by atoms with Gasteiger partial charge in [-0.15, -0.1) is 11.8 Å². The summed E-state index contributed by atoms with van der Waals surface area (Å²) in [5.41, 5.74) is 0.536. The molecule has 1 N–H and O–H groups in total. The van der Waals surface area contributed by atoms with Crippen LogP contribution in [0.2, 0.25) is 0 Å². The number of benzene rings is 2. The van der Waals surface area contributed by atoms with Crippen LogP contribution in [0.25, 0.3) is 10.8 Å². The van der Waals surface area contributed by atoms with Gasteiger partial charge in [-0.1, -0.05) is 30.3 Å². The normalized spacial score (nSPS) is 21.7. The molecule has 1 saturated heterocycles. The first kappa shape index (κ1) is 13.9. The lowest BCUT2D eigenvalue weighted by Crippen LogP contribution is -2.44. The predicted molar refractivity (Wildman–Crippen MR) is 83.5 cm³/mol. The Morgan fingerprint density at radius 3 is 2.62 bits per heavy atom. The Kier molecular flexibility index (Phi) is 3.59. The number of nitrogens with zero attached hydrogens (tertiary/aromatic N) is 1. The number of aliphatic carboxylic acids is 1. The van der Waals surface area contributed by atoms with Gasteiger partial charge in [0, 0.05) is 11.3 Å². The minimum atomic E-state index is -0.944. The SMILES string of the molecule is CC1SCC(C(=O)O)N1C(=O)c1ccc2ccccc2c1. The summed E-state index contributed by atoms with van der Waals surface area (Å²) in [5, 5.41) is 11.2. The molecule has 3 rings (SSSR count). The van der Waals surface area contributed by atoms with E-state index in [0.29, 0.717) is 11.3 Å². The van der Waals surface area contributed by atoms with Crippen LogP contribution in [0.4, 0.5) is 0 Å². The zero-order chi connectivity index (χ0) is 15.0. The smallest absolute Gasteiger partial charge is 0.327 e. The molecule has 2 aromatic carbocycles. The van der Waals surface area contributed by atoms with E-state index in [4.69, 9.17) is 0 Å². The maximum Gasteiger partial charge on any atom is 0.327 e. The Labute approximate surface area is 126 Å². The third-order valence-electron chi connectivity index (χ3n) is 3.74. The molecule has 1 aliphatic rings. The standard InChI is InChI=1S/C16H15NO3S/c1-10-17(14(9-21-10)16(19)20)15(18)13-7-6-11-4-2-3-5-12(11)8-13/h2-8,10,14H,9H2,1H3,(H,19,20). The zero-order valence-corrected chi connectivity index (χ0v) is 12.3. The molecule has 0 saturated carbocycles. The molecule has 0 aromatic heterocycles. The number of thioether (sulfide) groups is 1.